The average molecular weight is 512 g/mol. The van der Waals surface area contributed by atoms with Crippen molar-refractivity contribution >= 4 is 17.4 Å². The Morgan fingerprint density at radius 2 is 1.87 bits per heavy atom. The average Bonchev–Trinajstić information content (AvgIpc) is 3.43. The lowest BCUT2D eigenvalue weighted by atomic mass is 9.94. The van der Waals surface area contributed by atoms with Crippen molar-refractivity contribution in [3.63, 3.8) is 0 Å². The van der Waals surface area contributed by atoms with Crippen LogP contribution in [-0.2, 0) is 22.4 Å². The molecule has 6 nitrogen and oxygen atoms in total. The lowest BCUT2D eigenvalue weighted by Gasteiger charge is -2.26. The van der Waals surface area contributed by atoms with Crippen LogP contribution in [0.25, 0.3) is 5.76 Å². The number of likely N-dealkylation sites (tertiary alicyclic amines) is 1. The molecule has 6 heteroatoms. The number of unbranched alkanes of at least 4 members (excludes halogenated alkanes) is 1. The Morgan fingerprint density at radius 1 is 1.05 bits per heavy atom. The van der Waals surface area contributed by atoms with Gasteiger partial charge in [0, 0.05) is 18.5 Å². The molecule has 196 valence electrons. The number of ether oxygens (including phenoxy) is 2. The molecule has 0 radical (unpaired) electrons. The molecule has 0 bridgehead atoms. The van der Waals surface area contributed by atoms with Gasteiger partial charge in [-0.15, -0.1) is 0 Å². The molecule has 2 aliphatic rings. The normalized spacial score (nSPS) is 19.9. The second-order valence-electron chi connectivity index (χ2n) is 9.96. The zero-order valence-electron chi connectivity index (χ0n) is 21.9. The van der Waals surface area contributed by atoms with Crippen molar-refractivity contribution in [2.24, 2.45) is 0 Å². The van der Waals surface area contributed by atoms with Crippen LogP contribution in [0.15, 0.2) is 78.4 Å². The largest absolute Gasteiger partial charge is 0.507 e. The zero-order chi connectivity index (χ0) is 26.6. The highest BCUT2D eigenvalue weighted by molar-refractivity contribution is 6.46. The molecular formula is C32H33NO5. The first-order valence-electron chi connectivity index (χ1n) is 13.3. The van der Waals surface area contributed by atoms with Gasteiger partial charge in [0.15, 0.2) is 0 Å². The van der Waals surface area contributed by atoms with Crippen LogP contribution in [0, 0.1) is 0 Å². The number of Topliss-reactive ketones (excluding diaryl/α,β-unsaturated/α-hetero) is 1. The van der Waals surface area contributed by atoms with E-state index in [1.165, 1.54) is 0 Å². The van der Waals surface area contributed by atoms with Crippen LogP contribution in [0.3, 0.4) is 0 Å². The molecule has 2 aliphatic heterocycles. The summed E-state index contributed by atoms with van der Waals surface area (Å²) in [6.45, 7) is 5.02. The van der Waals surface area contributed by atoms with Crippen LogP contribution in [-0.4, -0.2) is 41.0 Å². The van der Waals surface area contributed by atoms with Crippen molar-refractivity contribution in [3.05, 3.63) is 101 Å². The van der Waals surface area contributed by atoms with E-state index in [2.05, 4.69) is 6.92 Å². The third-order valence-electron chi connectivity index (χ3n) is 7.13. The van der Waals surface area contributed by atoms with Crippen molar-refractivity contribution in [1.29, 1.82) is 0 Å². The van der Waals surface area contributed by atoms with Crippen LogP contribution in [0.4, 0.5) is 0 Å². The Hall–Kier alpha value is -4.06. The Balaban J connectivity index is 1.55. The highest BCUT2D eigenvalue weighted by atomic mass is 16.5. The monoisotopic (exact) mass is 511 g/mol. The van der Waals surface area contributed by atoms with Gasteiger partial charge in [-0.05, 0) is 66.8 Å². The molecule has 1 amide bonds. The number of carbonyl (C=O) groups excluding carboxylic acids is 2. The van der Waals surface area contributed by atoms with Gasteiger partial charge in [0.05, 0.1) is 18.2 Å². The summed E-state index contributed by atoms with van der Waals surface area (Å²) in [6.07, 6.45) is 3.32. The molecule has 0 saturated carbocycles. The lowest BCUT2D eigenvalue weighted by molar-refractivity contribution is -0.139. The molecule has 3 aromatic rings. The molecule has 3 aromatic carbocycles. The fourth-order valence-corrected chi connectivity index (χ4v) is 5.19. The summed E-state index contributed by atoms with van der Waals surface area (Å²) >= 11 is 0. The first-order valence-corrected chi connectivity index (χ1v) is 13.3. The summed E-state index contributed by atoms with van der Waals surface area (Å²) < 4.78 is 11.7. The summed E-state index contributed by atoms with van der Waals surface area (Å²) in [7, 11) is 0. The van der Waals surface area contributed by atoms with E-state index in [0.29, 0.717) is 30.9 Å². The van der Waals surface area contributed by atoms with Crippen molar-refractivity contribution < 1.29 is 24.2 Å². The molecule has 5 rings (SSSR count). The van der Waals surface area contributed by atoms with E-state index in [0.717, 1.165) is 41.7 Å². The molecule has 2 heterocycles. The number of aliphatic hydroxyl groups is 1. The smallest absolute Gasteiger partial charge is 0.295 e. The molecule has 0 unspecified atom stereocenters. The van der Waals surface area contributed by atoms with Crippen molar-refractivity contribution in [2.75, 3.05) is 13.2 Å². The van der Waals surface area contributed by atoms with E-state index in [1.807, 2.05) is 73.7 Å². The quantitative estimate of drug-likeness (QED) is 0.169. The number of benzene rings is 3. The van der Waals surface area contributed by atoms with Crippen molar-refractivity contribution in [3.8, 4) is 11.5 Å². The third-order valence-corrected chi connectivity index (χ3v) is 7.13. The van der Waals surface area contributed by atoms with Crippen molar-refractivity contribution in [1.82, 2.24) is 4.90 Å². The SMILES string of the molecule is CCCCOc1cccc([C@H]2C(=C(O)c3ccc4c(c3)C[C@H](C)O4)C(=O)C(=O)N2CCc2ccccc2)c1. The zero-order valence-corrected chi connectivity index (χ0v) is 21.9. The van der Waals surface area contributed by atoms with Crippen LogP contribution < -0.4 is 9.47 Å². The molecule has 1 N–H and O–H groups in total. The predicted molar refractivity (Wildman–Crippen MR) is 146 cm³/mol. The summed E-state index contributed by atoms with van der Waals surface area (Å²) in [5.74, 6) is 0.000193. The molecule has 2 atom stereocenters. The summed E-state index contributed by atoms with van der Waals surface area (Å²) in [4.78, 5) is 28.4. The summed E-state index contributed by atoms with van der Waals surface area (Å²) in [5, 5.41) is 11.5. The van der Waals surface area contributed by atoms with Crippen molar-refractivity contribution in [2.45, 2.75) is 51.7 Å². The minimum absolute atomic E-state index is 0.0569. The first-order chi connectivity index (χ1) is 18.5. The van der Waals surface area contributed by atoms with Crippen LogP contribution in [0.5, 0.6) is 11.5 Å². The Kier molecular flexibility index (Phi) is 7.50. The molecule has 0 aliphatic carbocycles. The maximum atomic E-state index is 13.4. The van der Waals surface area contributed by atoms with E-state index >= 15 is 0 Å². The number of hydrogen-bond donors (Lipinski definition) is 1. The third kappa shape index (κ3) is 5.17. The fraction of sp³-hybridized carbons (Fsp3) is 0.312. The molecule has 0 aromatic heterocycles. The second-order valence-corrected chi connectivity index (χ2v) is 9.96. The first kappa shape index (κ1) is 25.6. The number of carbonyl (C=O) groups is 2. The van der Waals surface area contributed by atoms with E-state index < -0.39 is 17.7 Å². The van der Waals surface area contributed by atoms with Gasteiger partial charge in [-0.25, -0.2) is 0 Å². The highest BCUT2D eigenvalue weighted by Gasteiger charge is 2.46. The van der Waals surface area contributed by atoms with Gasteiger partial charge in [-0.2, -0.15) is 0 Å². The number of ketones is 1. The van der Waals surface area contributed by atoms with E-state index in [4.69, 9.17) is 9.47 Å². The molecule has 0 spiro atoms. The van der Waals surface area contributed by atoms with Gasteiger partial charge in [0.1, 0.15) is 23.4 Å². The van der Waals surface area contributed by atoms with Gasteiger partial charge in [0.25, 0.3) is 11.7 Å². The maximum Gasteiger partial charge on any atom is 0.295 e. The maximum absolute atomic E-state index is 13.4. The minimum Gasteiger partial charge on any atom is -0.507 e. The van der Waals surface area contributed by atoms with Crippen LogP contribution in [0.2, 0.25) is 0 Å². The van der Waals surface area contributed by atoms with Gasteiger partial charge in [0.2, 0.25) is 0 Å². The minimum atomic E-state index is -0.725. The predicted octanol–water partition coefficient (Wildman–Crippen LogP) is 5.85. The van der Waals surface area contributed by atoms with E-state index in [9.17, 15) is 14.7 Å². The van der Waals surface area contributed by atoms with Gasteiger partial charge < -0.3 is 19.5 Å². The number of nitrogens with zero attached hydrogens (tertiary/aromatic N) is 1. The summed E-state index contributed by atoms with van der Waals surface area (Å²) in [6, 6.07) is 22.0. The second kappa shape index (κ2) is 11.1. The van der Waals surface area contributed by atoms with Gasteiger partial charge in [-0.1, -0.05) is 55.8 Å². The number of hydrogen-bond acceptors (Lipinski definition) is 5. The van der Waals surface area contributed by atoms with E-state index in [1.54, 1.807) is 11.0 Å². The Bertz CT molecular complexity index is 1360. The number of aliphatic hydroxyl groups excluding tert-OH is 1. The molecule has 1 saturated heterocycles. The van der Waals surface area contributed by atoms with Crippen LogP contribution in [0.1, 0.15) is 55.0 Å². The Labute approximate surface area is 223 Å². The van der Waals surface area contributed by atoms with Gasteiger partial charge in [-0.3, -0.25) is 9.59 Å². The molecule has 1 fully saturated rings. The number of amides is 1. The number of rotatable bonds is 9. The standard InChI is InChI=1S/C32H33NO5/c1-3-4-17-37-26-12-8-11-23(20-26)29-28(30(34)24-13-14-27-25(19-24)18-21(2)38-27)31(35)32(36)33(29)16-15-22-9-6-5-7-10-22/h5-14,19-21,29,34H,3-4,15-18H2,1-2H3/t21-,29-/m0/s1. The topological polar surface area (TPSA) is 76.1 Å². The number of fused-ring (bicyclic) bond motifs is 1. The fourth-order valence-electron chi connectivity index (χ4n) is 5.19. The lowest BCUT2D eigenvalue weighted by Crippen LogP contribution is -2.31. The summed E-state index contributed by atoms with van der Waals surface area (Å²) in [5.41, 5.74) is 3.37. The molecule has 38 heavy (non-hydrogen) atoms. The van der Waals surface area contributed by atoms with E-state index in [-0.39, 0.29) is 17.4 Å². The van der Waals surface area contributed by atoms with Gasteiger partial charge >= 0.3 is 0 Å². The van der Waals surface area contributed by atoms with Crippen LogP contribution >= 0.6 is 0 Å². The highest BCUT2D eigenvalue weighted by Crippen LogP contribution is 2.41. The molecular weight excluding hydrogens is 478 g/mol. The Morgan fingerprint density at radius 3 is 2.66 bits per heavy atom.